The normalized spacial score (nSPS) is 19.2. The van der Waals surface area contributed by atoms with Crippen LogP contribution < -0.4 is 19.3 Å². The Hall–Kier alpha value is -3.27. The number of hydrogen-bond donors (Lipinski definition) is 0. The van der Waals surface area contributed by atoms with E-state index in [2.05, 4.69) is 11.8 Å². The van der Waals surface area contributed by atoms with Crippen LogP contribution in [-0.4, -0.2) is 71.1 Å². The first kappa shape index (κ1) is 31.2. The lowest BCUT2D eigenvalue weighted by atomic mass is 9.85. The fourth-order valence-corrected chi connectivity index (χ4v) is 7.43. The highest BCUT2D eigenvalue weighted by atomic mass is 35.5. The summed E-state index contributed by atoms with van der Waals surface area (Å²) < 4.78 is 35.7. The summed E-state index contributed by atoms with van der Waals surface area (Å²) in [5.41, 5.74) is 5.56. The molecule has 0 radical (unpaired) electrons. The molecule has 1 amide bonds. The van der Waals surface area contributed by atoms with Gasteiger partial charge in [0.1, 0.15) is 0 Å². The topological polar surface area (TPSA) is 79.4 Å². The van der Waals surface area contributed by atoms with Gasteiger partial charge < -0.3 is 19.3 Å². The summed E-state index contributed by atoms with van der Waals surface area (Å²) in [5, 5.41) is 0.615. The Morgan fingerprint density at radius 3 is 2.21 bits per heavy atom. The number of amides is 1. The highest BCUT2D eigenvalue weighted by Gasteiger charge is 2.37. The zero-order valence-electron chi connectivity index (χ0n) is 25.6. The summed E-state index contributed by atoms with van der Waals surface area (Å²) in [5.74, 6) is 1.56. The lowest BCUT2D eigenvalue weighted by Crippen LogP contribution is -2.42. The first-order chi connectivity index (χ1) is 20.4. The zero-order chi connectivity index (χ0) is 31.1. The van der Waals surface area contributed by atoms with E-state index in [1.807, 2.05) is 92.3 Å². The minimum absolute atomic E-state index is 0.0289. The van der Waals surface area contributed by atoms with Gasteiger partial charge >= 0.3 is 0 Å². The molecule has 0 unspecified atom stereocenters. The summed E-state index contributed by atoms with van der Waals surface area (Å²) in [6, 6.07) is 17.4. The molecule has 0 aliphatic carbocycles. The number of carbonyl (C=O) groups is 1. The van der Waals surface area contributed by atoms with E-state index in [0.717, 1.165) is 33.6 Å². The van der Waals surface area contributed by atoms with Crippen molar-refractivity contribution >= 4 is 38.7 Å². The first-order valence-electron chi connectivity index (χ1n) is 14.6. The molecule has 3 aromatic carbocycles. The molecule has 43 heavy (non-hydrogen) atoms. The molecule has 0 spiro atoms. The monoisotopic (exact) mass is 625 g/mol. The number of carbonyl (C=O) groups excluding carboxylic acids is 1. The average Bonchev–Trinajstić information content (AvgIpc) is 2.96. The molecular weight excluding hydrogens is 586 g/mol. The van der Waals surface area contributed by atoms with E-state index >= 15 is 0 Å². The van der Waals surface area contributed by atoms with Crippen LogP contribution in [0.2, 0.25) is 5.02 Å². The van der Waals surface area contributed by atoms with Crippen LogP contribution in [0.1, 0.15) is 55.1 Å². The number of methoxy groups -OCH3 is 1. The van der Waals surface area contributed by atoms with Gasteiger partial charge in [-0.15, -0.1) is 0 Å². The number of ether oxygens (including phenoxy) is 2. The van der Waals surface area contributed by atoms with Gasteiger partial charge in [0.05, 0.1) is 37.2 Å². The number of benzene rings is 3. The number of nitrogens with zero attached hydrogens (tertiary/aromatic N) is 3. The molecule has 3 aromatic rings. The SMILES string of the molecule is COc1cc2c(cc1OC(C)C)[C@H](c1ccc(Cl)cc1N(C)C)N(c1ccc([C@H](C)N3CCS(=O)(=O)CC3)cc1)C(=O)C2. The van der Waals surface area contributed by atoms with Crippen molar-refractivity contribution in [3.8, 4) is 11.5 Å². The Balaban J connectivity index is 1.60. The van der Waals surface area contributed by atoms with Crippen molar-refractivity contribution in [1.82, 2.24) is 4.90 Å². The lowest BCUT2D eigenvalue weighted by Gasteiger charge is -2.40. The van der Waals surface area contributed by atoms with Crippen molar-refractivity contribution in [3.05, 3.63) is 81.9 Å². The molecule has 230 valence electrons. The standard InChI is InChI=1S/C33H40ClN3O5S/c1-21(2)42-31-20-28-24(17-30(31)41-6)18-32(38)37(33(28)27-12-9-25(34)19-29(27)35(4)5)26-10-7-23(8-11-26)22(3)36-13-15-43(39,40)16-14-36/h7-12,17,19-22,33H,13-16,18H2,1-6H3/t22-,33-/m0/s1. The van der Waals surface area contributed by atoms with Gasteiger partial charge in [-0.05, 0) is 73.9 Å². The van der Waals surface area contributed by atoms with Crippen molar-refractivity contribution in [1.29, 1.82) is 0 Å². The highest BCUT2D eigenvalue weighted by molar-refractivity contribution is 7.91. The Morgan fingerprint density at radius 1 is 0.930 bits per heavy atom. The molecule has 0 N–H and O–H groups in total. The van der Waals surface area contributed by atoms with E-state index < -0.39 is 15.9 Å². The molecule has 0 saturated carbocycles. The van der Waals surface area contributed by atoms with Crippen molar-refractivity contribution < 1.29 is 22.7 Å². The van der Waals surface area contributed by atoms with Gasteiger partial charge in [-0.3, -0.25) is 9.69 Å². The van der Waals surface area contributed by atoms with Crippen LogP contribution in [-0.2, 0) is 21.1 Å². The molecule has 2 heterocycles. The van der Waals surface area contributed by atoms with Crippen LogP contribution in [0.15, 0.2) is 54.6 Å². The number of rotatable bonds is 8. The molecule has 1 saturated heterocycles. The van der Waals surface area contributed by atoms with Crippen LogP contribution >= 0.6 is 11.6 Å². The van der Waals surface area contributed by atoms with Crippen molar-refractivity contribution in [2.45, 2.75) is 45.4 Å². The second-order valence-corrected chi connectivity index (χ2v) is 14.5. The lowest BCUT2D eigenvalue weighted by molar-refractivity contribution is -0.118. The molecule has 2 aliphatic rings. The van der Waals surface area contributed by atoms with Crippen molar-refractivity contribution in [3.63, 3.8) is 0 Å². The predicted molar refractivity (Wildman–Crippen MR) is 173 cm³/mol. The summed E-state index contributed by atoms with van der Waals surface area (Å²) in [6.45, 7) is 7.08. The maximum atomic E-state index is 14.0. The van der Waals surface area contributed by atoms with Crippen LogP contribution in [0, 0.1) is 0 Å². The van der Waals surface area contributed by atoms with Crippen molar-refractivity contribution in [2.24, 2.45) is 0 Å². The fraction of sp³-hybridized carbons (Fsp3) is 0.424. The molecule has 0 bridgehead atoms. The Labute approximate surface area is 260 Å². The molecule has 2 aliphatic heterocycles. The average molecular weight is 626 g/mol. The van der Waals surface area contributed by atoms with E-state index in [1.54, 1.807) is 7.11 Å². The Morgan fingerprint density at radius 2 is 1.60 bits per heavy atom. The summed E-state index contributed by atoms with van der Waals surface area (Å²) in [7, 11) is 2.59. The fourth-order valence-electron chi connectivity index (χ4n) is 6.04. The third-order valence-electron chi connectivity index (χ3n) is 8.30. The third kappa shape index (κ3) is 6.49. The van der Waals surface area contributed by atoms with Gasteiger partial charge in [0, 0.05) is 55.2 Å². The highest BCUT2D eigenvalue weighted by Crippen LogP contribution is 2.46. The van der Waals surface area contributed by atoms with Gasteiger partial charge in [0.2, 0.25) is 5.91 Å². The molecule has 1 fully saturated rings. The Bertz CT molecular complexity index is 1590. The predicted octanol–water partition coefficient (Wildman–Crippen LogP) is 5.67. The molecule has 0 aromatic heterocycles. The molecule has 2 atom stereocenters. The zero-order valence-corrected chi connectivity index (χ0v) is 27.2. The van der Waals surface area contributed by atoms with Gasteiger partial charge in [-0.2, -0.15) is 0 Å². The van der Waals surface area contributed by atoms with Gasteiger partial charge in [0.25, 0.3) is 0 Å². The van der Waals surface area contributed by atoms with E-state index in [9.17, 15) is 13.2 Å². The van der Waals surface area contributed by atoms with Crippen LogP contribution in [0.3, 0.4) is 0 Å². The van der Waals surface area contributed by atoms with Gasteiger partial charge in [0.15, 0.2) is 21.3 Å². The smallest absolute Gasteiger partial charge is 0.232 e. The summed E-state index contributed by atoms with van der Waals surface area (Å²) >= 11 is 6.45. The van der Waals surface area contributed by atoms with E-state index in [0.29, 0.717) is 29.6 Å². The molecule has 5 rings (SSSR count). The Kier molecular flexibility index (Phi) is 8.97. The summed E-state index contributed by atoms with van der Waals surface area (Å²) in [6.07, 6.45) is 0.157. The quantitative estimate of drug-likeness (QED) is 0.319. The minimum Gasteiger partial charge on any atom is -0.493 e. The largest absolute Gasteiger partial charge is 0.493 e. The number of sulfone groups is 1. The van der Waals surface area contributed by atoms with E-state index in [1.165, 1.54) is 0 Å². The summed E-state index contributed by atoms with van der Waals surface area (Å²) in [4.78, 5) is 20.1. The van der Waals surface area contributed by atoms with Gasteiger partial charge in [-0.1, -0.05) is 29.8 Å². The minimum atomic E-state index is -2.96. The maximum absolute atomic E-state index is 14.0. The number of hydrogen-bond acceptors (Lipinski definition) is 7. The molecule has 10 heteroatoms. The van der Waals surface area contributed by atoms with Crippen LogP contribution in [0.4, 0.5) is 11.4 Å². The number of anilines is 2. The van der Waals surface area contributed by atoms with Crippen LogP contribution in [0.25, 0.3) is 0 Å². The third-order valence-corrected chi connectivity index (χ3v) is 10.1. The van der Waals surface area contributed by atoms with Crippen LogP contribution in [0.5, 0.6) is 11.5 Å². The van der Waals surface area contributed by atoms with Gasteiger partial charge in [-0.25, -0.2) is 8.42 Å². The van der Waals surface area contributed by atoms with E-state index in [4.69, 9.17) is 21.1 Å². The van der Waals surface area contributed by atoms with Crippen molar-refractivity contribution in [2.75, 3.05) is 55.6 Å². The maximum Gasteiger partial charge on any atom is 0.232 e. The number of fused-ring (bicyclic) bond motifs is 1. The molecular formula is C33H40ClN3O5S. The second kappa shape index (κ2) is 12.4. The first-order valence-corrected chi connectivity index (χ1v) is 16.8. The van der Waals surface area contributed by atoms with E-state index in [-0.39, 0.29) is 36.0 Å². The molecule has 8 nitrogen and oxygen atoms in total. The number of halogens is 1. The second-order valence-electron chi connectivity index (χ2n) is 11.8.